The molecule has 21 heavy (non-hydrogen) atoms. The highest BCUT2D eigenvalue weighted by atomic mass is 35.5. The quantitative estimate of drug-likeness (QED) is 0.533. The number of methoxy groups -OCH3 is 1. The van der Waals surface area contributed by atoms with Crippen LogP contribution < -0.4 is 9.64 Å². The zero-order valence-electron chi connectivity index (χ0n) is 12.5. The number of ether oxygens (including phenoxy) is 1. The molecule has 0 fully saturated rings. The Hall–Kier alpha value is -1.26. The van der Waals surface area contributed by atoms with Gasteiger partial charge in [0.05, 0.1) is 23.7 Å². The van der Waals surface area contributed by atoms with Crippen molar-refractivity contribution >= 4 is 28.6 Å². The monoisotopic (exact) mass is 324 g/mol. The van der Waals surface area contributed by atoms with Gasteiger partial charge in [0.1, 0.15) is 5.75 Å². The molecular formula is C16H21ClN2OS. The maximum absolute atomic E-state index is 5.76. The van der Waals surface area contributed by atoms with Crippen molar-refractivity contribution in [3.63, 3.8) is 0 Å². The van der Waals surface area contributed by atoms with Crippen molar-refractivity contribution in [3.8, 4) is 5.75 Å². The van der Waals surface area contributed by atoms with Gasteiger partial charge in [0.25, 0.3) is 0 Å². The molecule has 0 radical (unpaired) electrons. The van der Waals surface area contributed by atoms with Crippen LogP contribution in [0.5, 0.6) is 5.75 Å². The summed E-state index contributed by atoms with van der Waals surface area (Å²) in [4.78, 5) is 6.74. The average molecular weight is 325 g/mol. The van der Waals surface area contributed by atoms with Gasteiger partial charge in [0, 0.05) is 30.7 Å². The summed E-state index contributed by atoms with van der Waals surface area (Å²) >= 11 is 7.47. The van der Waals surface area contributed by atoms with Crippen LogP contribution >= 0.6 is 22.9 Å². The summed E-state index contributed by atoms with van der Waals surface area (Å²) in [6.45, 7) is 1.03. The van der Waals surface area contributed by atoms with E-state index in [4.69, 9.17) is 16.3 Å². The molecular weight excluding hydrogens is 304 g/mol. The van der Waals surface area contributed by atoms with E-state index in [0.29, 0.717) is 5.88 Å². The molecule has 0 saturated carbocycles. The highest BCUT2D eigenvalue weighted by molar-refractivity contribution is 7.09. The normalized spacial score (nSPS) is 10.6. The molecule has 0 aliphatic carbocycles. The summed E-state index contributed by atoms with van der Waals surface area (Å²) in [5, 5.41) is 3.24. The molecule has 1 aromatic carbocycles. The van der Waals surface area contributed by atoms with Gasteiger partial charge in [-0.1, -0.05) is 6.07 Å². The number of nitrogens with zero attached hydrogens (tertiary/aromatic N) is 2. The van der Waals surface area contributed by atoms with E-state index in [1.807, 2.05) is 17.5 Å². The second-order valence-corrected chi connectivity index (χ2v) is 6.16. The summed E-state index contributed by atoms with van der Waals surface area (Å²) in [6, 6.07) is 8.16. The zero-order valence-corrected chi connectivity index (χ0v) is 14.1. The number of aryl methyl sites for hydroxylation is 1. The summed E-state index contributed by atoms with van der Waals surface area (Å²) in [5.41, 5.74) is 2.18. The molecule has 0 saturated heterocycles. The zero-order chi connectivity index (χ0) is 15.1. The maximum Gasteiger partial charge on any atom is 0.120 e. The molecule has 3 nitrogen and oxygen atoms in total. The Morgan fingerprint density at radius 1 is 1.33 bits per heavy atom. The number of halogens is 1. The van der Waals surface area contributed by atoms with Crippen LogP contribution in [-0.4, -0.2) is 25.7 Å². The minimum absolute atomic E-state index is 0.509. The van der Waals surface area contributed by atoms with Gasteiger partial charge in [-0.15, -0.1) is 22.9 Å². The molecule has 0 N–H and O–H groups in total. The van der Waals surface area contributed by atoms with Crippen LogP contribution in [0.2, 0.25) is 0 Å². The smallest absolute Gasteiger partial charge is 0.120 e. The lowest BCUT2D eigenvalue weighted by atomic mass is 10.2. The van der Waals surface area contributed by atoms with E-state index in [1.165, 1.54) is 10.7 Å². The lowest BCUT2D eigenvalue weighted by Gasteiger charge is -2.19. The molecule has 0 atom stereocenters. The number of alkyl halides is 1. The van der Waals surface area contributed by atoms with E-state index in [9.17, 15) is 0 Å². The Labute approximate surface area is 135 Å². The van der Waals surface area contributed by atoms with Gasteiger partial charge in [-0.2, -0.15) is 0 Å². The topological polar surface area (TPSA) is 25.4 Å². The number of benzene rings is 1. The highest BCUT2D eigenvalue weighted by Gasteiger charge is 2.04. The number of hydrogen-bond acceptors (Lipinski definition) is 4. The standard InChI is InChI=1S/C16H21ClN2OS/c1-19(14-6-5-7-15(10-14)20-2)9-4-3-8-16-18-13(11-17)12-21-16/h5-7,10,12H,3-4,8-9,11H2,1-2H3. The second-order valence-electron chi connectivity index (χ2n) is 4.95. The highest BCUT2D eigenvalue weighted by Crippen LogP contribution is 2.20. The van der Waals surface area contributed by atoms with Crippen LogP contribution in [0, 0.1) is 0 Å². The SMILES string of the molecule is COc1cccc(N(C)CCCCc2nc(CCl)cs2)c1. The Balaban J connectivity index is 1.74. The number of aromatic nitrogens is 1. The Kier molecular flexibility index (Phi) is 6.33. The molecule has 0 bridgehead atoms. The first-order valence-electron chi connectivity index (χ1n) is 7.07. The van der Waals surface area contributed by atoms with Crippen LogP contribution in [0.25, 0.3) is 0 Å². The van der Waals surface area contributed by atoms with Crippen molar-refractivity contribution in [3.05, 3.63) is 40.3 Å². The largest absolute Gasteiger partial charge is 0.497 e. The van der Waals surface area contributed by atoms with Gasteiger partial charge in [-0.3, -0.25) is 0 Å². The summed E-state index contributed by atoms with van der Waals surface area (Å²) < 4.78 is 5.26. The van der Waals surface area contributed by atoms with Crippen molar-refractivity contribution in [2.24, 2.45) is 0 Å². The number of unbranched alkanes of at least 4 members (excludes halogenated alkanes) is 1. The number of rotatable bonds is 8. The first kappa shape index (κ1) is 16.1. The Morgan fingerprint density at radius 2 is 2.19 bits per heavy atom. The molecule has 0 aliphatic heterocycles. The summed E-state index contributed by atoms with van der Waals surface area (Å²) in [7, 11) is 3.81. The molecule has 0 spiro atoms. The van der Waals surface area contributed by atoms with Gasteiger partial charge in [-0.25, -0.2) is 4.98 Å². The molecule has 114 valence electrons. The fourth-order valence-electron chi connectivity index (χ4n) is 2.13. The third-order valence-electron chi connectivity index (χ3n) is 3.36. The van der Waals surface area contributed by atoms with Crippen LogP contribution in [0.15, 0.2) is 29.6 Å². The van der Waals surface area contributed by atoms with Crippen LogP contribution in [-0.2, 0) is 12.3 Å². The minimum atomic E-state index is 0.509. The summed E-state index contributed by atoms with van der Waals surface area (Å²) in [5.74, 6) is 1.41. The van der Waals surface area contributed by atoms with E-state index in [2.05, 4.69) is 29.1 Å². The first-order chi connectivity index (χ1) is 10.2. The predicted molar refractivity (Wildman–Crippen MR) is 90.9 cm³/mol. The van der Waals surface area contributed by atoms with E-state index in [-0.39, 0.29) is 0 Å². The third-order valence-corrected chi connectivity index (χ3v) is 4.60. The van der Waals surface area contributed by atoms with Crippen molar-refractivity contribution in [2.75, 3.05) is 25.6 Å². The molecule has 5 heteroatoms. The second kappa shape index (κ2) is 8.25. The van der Waals surface area contributed by atoms with Gasteiger partial charge >= 0.3 is 0 Å². The van der Waals surface area contributed by atoms with Gasteiger partial charge in [0.15, 0.2) is 0 Å². The molecule has 0 amide bonds. The fraction of sp³-hybridized carbons (Fsp3) is 0.438. The minimum Gasteiger partial charge on any atom is -0.497 e. The lowest BCUT2D eigenvalue weighted by molar-refractivity contribution is 0.415. The number of hydrogen-bond donors (Lipinski definition) is 0. The number of anilines is 1. The molecule has 0 aliphatic rings. The predicted octanol–water partition coefficient (Wildman–Crippen LogP) is 4.35. The van der Waals surface area contributed by atoms with Crippen molar-refractivity contribution in [1.82, 2.24) is 4.98 Å². The molecule has 0 unspecified atom stereocenters. The maximum atomic E-state index is 5.76. The average Bonchev–Trinajstić information content (AvgIpc) is 2.99. The molecule has 1 heterocycles. The molecule has 2 aromatic rings. The molecule has 2 rings (SSSR count). The van der Waals surface area contributed by atoms with Crippen LogP contribution in [0.1, 0.15) is 23.5 Å². The molecule has 1 aromatic heterocycles. The van der Waals surface area contributed by atoms with E-state index in [0.717, 1.165) is 37.3 Å². The van der Waals surface area contributed by atoms with Gasteiger partial charge in [0.2, 0.25) is 0 Å². The third kappa shape index (κ3) is 4.90. The van der Waals surface area contributed by atoms with Crippen molar-refractivity contribution in [2.45, 2.75) is 25.1 Å². The van der Waals surface area contributed by atoms with Crippen LogP contribution in [0.4, 0.5) is 5.69 Å². The Morgan fingerprint density at radius 3 is 2.90 bits per heavy atom. The van der Waals surface area contributed by atoms with Crippen LogP contribution in [0.3, 0.4) is 0 Å². The van der Waals surface area contributed by atoms with Crippen molar-refractivity contribution in [1.29, 1.82) is 0 Å². The van der Waals surface area contributed by atoms with Crippen molar-refractivity contribution < 1.29 is 4.74 Å². The first-order valence-corrected chi connectivity index (χ1v) is 8.49. The van der Waals surface area contributed by atoms with E-state index < -0.39 is 0 Å². The van der Waals surface area contributed by atoms with Gasteiger partial charge < -0.3 is 9.64 Å². The summed E-state index contributed by atoms with van der Waals surface area (Å²) in [6.07, 6.45) is 3.32. The van der Waals surface area contributed by atoms with E-state index in [1.54, 1.807) is 18.4 Å². The van der Waals surface area contributed by atoms with Gasteiger partial charge in [-0.05, 0) is 31.4 Å². The number of thiazole rings is 1. The van der Waals surface area contributed by atoms with E-state index >= 15 is 0 Å². The Bertz CT molecular complexity index is 559. The fourth-order valence-corrected chi connectivity index (χ4v) is 3.20. The lowest BCUT2D eigenvalue weighted by Crippen LogP contribution is -2.18.